The summed E-state index contributed by atoms with van der Waals surface area (Å²) in [6, 6.07) is 0. The molecule has 4 aliphatic carbocycles. The molecule has 4 rings (SSSR count). The van der Waals surface area contributed by atoms with Crippen molar-refractivity contribution in [1.29, 1.82) is 0 Å². The highest BCUT2D eigenvalue weighted by atomic mass is 16.6. The van der Waals surface area contributed by atoms with Gasteiger partial charge in [-0.1, -0.05) is 67.2 Å². The number of ether oxygens (including phenoxy) is 1. The van der Waals surface area contributed by atoms with Crippen molar-refractivity contribution < 1.29 is 9.84 Å². The largest absolute Gasteiger partial charge is 0.365 e. The summed E-state index contributed by atoms with van der Waals surface area (Å²) in [5, 5.41) is 11.8. The van der Waals surface area contributed by atoms with Gasteiger partial charge in [-0.05, 0) is 90.8 Å². The summed E-state index contributed by atoms with van der Waals surface area (Å²) < 4.78 is 6.00. The Labute approximate surface area is 193 Å². The van der Waals surface area contributed by atoms with Gasteiger partial charge in [0.25, 0.3) is 0 Å². The van der Waals surface area contributed by atoms with Gasteiger partial charge in [-0.3, -0.25) is 0 Å². The summed E-state index contributed by atoms with van der Waals surface area (Å²) in [4.78, 5) is 0. The number of methoxy groups -OCH3 is 1. The fourth-order valence-electron chi connectivity index (χ4n) is 9.79. The fraction of sp³-hybridized carbons (Fsp3) is 1.00. The van der Waals surface area contributed by atoms with Crippen molar-refractivity contribution in [1.82, 2.24) is 0 Å². The first-order chi connectivity index (χ1) is 14.5. The van der Waals surface area contributed by atoms with Crippen molar-refractivity contribution in [3.63, 3.8) is 0 Å². The van der Waals surface area contributed by atoms with Gasteiger partial charge in [0.05, 0.1) is 0 Å². The average molecular weight is 433 g/mol. The molecular weight excluding hydrogens is 380 g/mol. The van der Waals surface area contributed by atoms with Crippen LogP contribution in [0.3, 0.4) is 0 Å². The molecular formula is C29H52O2. The monoisotopic (exact) mass is 432 g/mol. The molecule has 31 heavy (non-hydrogen) atoms. The van der Waals surface area contributed by atoms with Crippen molar-refractivity contribution in [2.75, 3.05) is 7.11 Å². The molecule has 0 heterocycles. The Kier molecular flexibility index (Phi) is 6.68. The van der Waals surface area contributed by atoms with E-state index in [0.29, 0.717) is 23.2 Å². The van der Waals surface area contributed by atoms with Crippen LogP contribution >= 0.6 is 0 Å². The molecule has 1 N–H and O–H groups in total. The van der Waals surface area contributed by atoms with Crippen LogP contribution in [0.5, 0.6) is 0 Å². The van der Waals surface area contributed by atoms with E-state index in [9.17, 15) is 5.11 Å². The van der Waals surface area contributed by atoms with Crippen molar-refractivity contribution in [2.24, 2.45) is 58.2 Å². The molecule has 0 radical (unpaired) electrons. The third-order valence-corrected chi connectivity index (χ3v) is 11.5. The first-order valence-electron chi connectivity index (χ1n) is 13.8. The molecule has 2 heteroatoms. The minimum atomic E-state index is -0.913. The number of hydrogen-bond donors (Lipinski definition) is 1. The van der Waals surface area contributed by atoms with Gasteiger partial charge in [-0.25, -0.2) is 0 Å². The van der Waals surface area contributed by atoms with Crippen molar-refractivity contribution >= 4 is 0 Å². The first kappa shape index (κ1) is 24.1. The van der Waals surface area contributed by atoms with Crippen LogP contribution in [0.2, 0.25) is 0 Å². The van der Waals surface area contributed by atoms with E-state index in [1.54, 1.807) is 7.11 Å². The Morgan fingerprint density at radius 1 is 0.935 bits per heavy atom. The van der Waals surface area contributed by atoms with Crippen LogP contribution in [0.25, 0.3) is 0 Å². The number of hydrogen-bond acceptors (Lipinski definition) is 2. The molecule has 4 aliphatic rings. The molecule has 4 fully saturated rings. The van der Waals surface area contributed by atoms with Gasteiger partial charge in [-0.15, -0.1) is 0 Å². The van der Waals surface area contributed by atoms with Gasteiger partial charge >= 0.3 is 0 Å². The second-order valence-corrected chi connectivity index (χ2v) is 13.6. The zero-order chi connectivity index (χ0) is 22.6. The quantitative estimate of drug-likeness (QED) is 0.436. The topological polar surface area (TPSA) is 29.5 Å². The van der Waals surface area contributed by atoms with E-state index in [1.165, 1.54) is 57.8 Å². The highest BCUT2D eigenvalue weighted by molar-refractivity contribution is 5.12. The Bertz CT molecular complexity index is 630. The molecule has 0 aromatic carbocycles. The van der Waals surface area contributed by atoms with E-state index in [1.807, 2.05) is 0 Å². The summed E-state index contributed by atoms with van der Waals surface area (Å²) in [5.41, 5.74) is 0.723. The second kappa shape index (κ2) is 8.61. The fourth-order valence-corrected chi connectivity index (χ4v) is 9.79. The van der Waals surface area contributed by atoms with Gasteiger partial charge in [0.2, 0.25) is 0 Å². The van der Waals surface area contributed by atoms with E-state index in [4.69, 9.17) is 4.74 Å². The van der Waals surface area contributed by atoms with E-state index in [-0.39, 0.29) is 5.41 Å². The Morgan fingerprint density at radius 2 is 1.61 bits per heavy atom. The van der Waals surface area contributed by atoms with Crippen LogP contribution < -0.4 is 0 Å². The molecule has 180 valence electrons. The summed E-state index contributed by atoms with van der Waals surface area (Å²) in [6.07, 6.45) is 14.4. The Hall–Kier alpha value is -0.0800. The van der Waals surface area contributed by atoms with Crippen molar-refractivity contribution in [3.05, 3.63) is 0 Å². The number of rotatable bonds is 6. The SMILES string of the molecule is COC1(O)CC2C3CCC(C(C)CCCC(C)C)C3(C)CCC2C2(C)CCC(C)CC12. The van der Waals surface area contributed by atoms with Crippen LogP contribution in [-0.4, -0.2) is 18.0 Å². The third kappa shape index (κ3) is 3.94. The maximum Gasteiger partial charge on any atom is 0.168 e. The third-order valence-electron chi connectivity index (χ3n) is 11.5. The van der Waals surface area contributed by atoms with Gasteiger partial charge < -0.3 is 9.84 Å². The first-order valence-corrected chi connectivity index (χ1v) is 13.8. The molecule has 0 aliphatic heterocycles. The van der Waals surface area contributed by atoms with E-state index < -0.39 is 5.79 Å². The summed E-state index contributed by atoms with van der Waals surface area (Å²) in [6.45, 7) is 14.8. The zero-order valence-corrected chi connectivity index (χ0v) is 21.8. The van der Waals surface area contributed by atoms with Gasteiger partial charge in [0.1, 0.15) is 0 Å². The smallest absolute Gasteiger partial charge is 0.168 e. The normalized spacial score (nSPS) is 50.6. The van der Waals surface area contributed by atoms with Crippen LogP contribution in [0.4, 0.5) is 0 Å². The molecule has 10 unspecified atom stereocenters. The van der Waals surface area contributed by atoms with Crippen LogP contribution in [0, 0.1) is 58.2 Å². The van der Waals surface area contributed by atoms with Crippen LogP contribution in [-0.2, 0) is 4.74 Å². The zero-order valence-electron chi connectivity index (χ0n) is 21.8. The predicted molar refractivity (Wildman–Crippen MR) is 130 cm³/mol. The van der Waals surface area contributed by atoms with Crippen LogP contribution in [0.1, 0.15) is 112 Å². The van der Waals surface area contributed by atoms with Crippen LogP contribution in [0.15, 0.2) is 0 Å². The summed E-state index contributed by atoms with van der Waals surface area (Å²) >= 11 is 0. The second-order valence-electron chi connectivity index (χ2n) is 13.6. The molecule has 0 saturated heterocycles. The molecule has 0 amide bonds. The van der Waals surface area contributed by atoms with Gasteiger partial charge in [0, 0.05) is 19.4 Å². The molecule has 2 nitrogen and oxygen atoms in total. The lowest BCUT2D eigenvalue weighted by molar-refractivity contribution is -0.311. The minimum absolute atomic E-state index is 0.252. The molecule has 4 saturated carbocycles. The molecule has 10 atom stereocenters. The highest BCUT2D eigenvalue weighted by Gasteiger charge is 2.65. The molecule has 0 aromatic heterocycles. The van der Waals surface area contributed by atoms with Crippen molar-refractivity contribution in [2.45, 2.75) is 118 Å². The predicted octanol–water partition coefficient (Wildman–Crippen LogP) is 7.69. The maximum absolute atomic E-state index is 11.8. The lowest BCUT2D eigenvalue weighted by Crippen LogP contribution is -2.63. The Morgan fingerprint density at radius 3 is 2.29 bits per heavy atom. The summed E-state index contributed by atoms with van der Waals surface area (Å²) in [7, 11) is 1.77. The van der Waals surface area contributed by atoms with Gasteiger partial charge in [-0.2, -0.15) is 0 Å². The van der Waals surface area contributed by atoms with E-state index in [0.717, 1.165) is 42.4 Å². The van der Waals surface area contributed by atoms with Crippen molar-refractivity contribution in [3.8, 4) is 0 Å². The minimum Gasteiger partial charge on any atom is -0.365 e. The molecule has 0 aromatic rings. The molecule has 0 spiro atoms. The lowest BCUT2D eigenvalue weighted by Gasteiger charge is -2.65. The lowest BCUT2D eigenvalue weighted by atomic mass is 9.42. The summed E-state index contributed by atoms with van der Waals surface area (Å²) in [5.74, 6) is 4.87. The highest BCUT2D eigenvalue weighted by Crippen LogP contribution is 2.70. The Balaban J connectivity index is 1.56. The average Bonchev–Trinajstić information content (AvgIpc) is 3.06. The van der Waals surface area contributed by atoms with E-state index >= 15 is 0 Å². The number of aliphatic hydroxyl groups is 1. The van der Waals surface area contributed by atoms with E-state index in [2.05, 4.69) is 41.5 Å². The standard InChI is InChI=1S/C29H52O2/c1-19(2)9-8-10-21(4)23-11-12-24-22-18-29(30,31-7)26-17-20(3)13-15-28(26,6)25(22)14-16-27(23,24)5/h19-26,30H,8-18H2,1-7H3. The number of fused-ring (bicyclic) bond motifs is 5. The maximum atomic E-state index is 11.8. The molecule has 0 bridgehead atoms. The van der Waals surface area contributed by atoms with Gasteiger partial charge in [0.15, 0.2) is 5.79 Å².